The summed E-state index contributed by atoms with van der Waals surface area (Å²) in [7, 11) is 1.63. The predicted molar refractivity (Wildman–Crippen MR) is 90.2 cm³/mol. The van der Waals surface area contributed by atoms with Crippen molar-refractivity contribution < 1.29 is 9.59 Å². The van der Waals surface area contributed by atoms with E-state index in [1.165, 1.54) is 23.5 Å². The zero-order valence-electron chi connectivity index (χ0n) is 13.8. The summed E-state index contributed by atoms with van der Waals surface area (Å²) < 4.78 is 0. The fourth-order valence-electron chi connectivity index (χ4n) is 2.93. The molecule has 1 aliphatic heterocycles. The summed E-state index contributed by atoms with van der Waals surface area (Å²) in [4.78, 5) is 36.2. The fraction of sp³-hybridized carbons (Fsp3) is 0.278. The van der Waals surface area contributed by atoms with Crippen LogP contribution >= 0.6 is 0 Å². The van der Waals surface area contributed by atoms with E-state index in [9.17, 15) is 9.59 Å². The molecule has 1 aromatic carbocycles. The number of likely N-dealkylation sites (N-methyl/N-ethyl adjacent to an activating group) is 1. The van der Waals surface area contributed by atoms with E-state index in [-0.39, 0.29) is 11.8 Å². The first kappa shape index (κ1) is 16.6. The quantitative estimate of drug-likeness (QED) is 0.844. The minimum atomic E-state index is -0.537. The Morgan fingerprint density at radius 2 is 2.28 bits per heavy atom. The topological polar surface area (TPSA) is 90.2 Å². The van der Waals surface area contributed by atoms with Crippen molar-refractivity contribution >= 4 is 17.6 Å². The minimum Gasteiger partial charge on any atom is -0.326 e. The molecule has 0 radical (unpaired) electrons. The predicted octanol–water partition coefficient (Wildman–Crippen LogP) is 1.50. The maximum Gasteiger partial charge on any atom is 0.250 e. The van der Waals surface area contributed by atoms with Crippen LogP contribution in [0.15, 0.2) is 42.9 Å². The van der Waals surface area contributed by atoms with Gasteiger partial charge in [-0.1, -0.05) is 12.1 Å². The highest BCUT2D eigenvalue weighted by Crippen LogP contribution is 2.24. The molecule has 1 aromatic heterocycles. The van der Waals surface area contributed by atoms with E-state index < -0.39 is 6.04 Å². The third-order valence-electron chi connectivity index (χ3n) is 4.25. The molecule has 1 fully saturated rings. The molecule has 1 unspecified atom stereocenters. The van der Waals surface area contributed by atoms with Gasteiger partial charge < -0.3 is 4.90 Å². The number of aromatic nitrogens is 2. The zero-order valence-corrected chi connectivity index (χ0v) is 13.8. The molecule has 25 heavy (non-hydrogen) atoms. The molecule has 1 saturated heterocycles. The van der Waals surface area contributed by atoms with Crippen molar-refractivity contribution in [1.82, 2.24) is 14.9 Å². The number of hydrogen-bond donors (Lipinski definition) is 0. The molecule has 0 aliphatic carbocycles. The molecule has 2 heterocycles. The Labute approximate surface area is 145 Å². The van der Waals surface area contributed by atoms with Crippen LogP contribution in [-0.4, -0.2) is 39.8 Å². The molecular weight excluding hydrogens is 318 g/mol. The van der Waals surface area contributed by atoms with Crippen LogP contribution in [0.2, 0.25) is 0 Å². The lowest BCUT2D eigenvalue weighted by Crippen LogP contribution is -2.45. The average molecular weight is 335 g/mol. The SMILES string of the molecule is CN(C(=O)C1CCC(=O)N1Cc1cccc(C#N)c1)c1cnccn1. The highest BCUT2D eigenvalue weighted by atomic mass is 16.2. The number of nitriles is 1. The van der Waals surface area contributed by atoms with Crippen molar-refractivity contribution in [3.8, 4) is 6.07 Å². The first-order valence-electron chi connectivity index (χ1n) is 7.92. The molecule has 7 nitrogen and oxygen atoms in total. The molecule has 126 valence electrons. The monoisotopic (exact) mass is 335 g/mol. The van der Waals surface area contributed by atoms with Crippen LogP contribution < -0.4 is 4.90 Å². The van der Waals surface area contributed by atoms with Gasteiger partial charge in [0.2, 0.25) is 5.91 Å². The number of carbonyl (C=O) groups excluding carboxylic acids is 2. The second-order valence-corrected chi connectivity index (χ2v) is 5.85. The number of nitrogens with zero attached hydrogens (tertiary/aromatic N) is 5. The Balaban J connectivity index is 1.79. The highest BCUT2D eigenvalue weighted by Gasteiger charge is 2.37. The van der Waals surface area contributed by atoms with Gasteiger partial charge >= 0.3 is 0 Å². The molecule has 1 aliphatic rings. The van der Waals surface area contributed by atoms with Gasteiger partial charge in [-0.05, 0) is 24.1 Å². The summed E-state index contributed by atoms with van der Waals surface area (Å²) in [5.41, 5.74) is 1.36. The lowest BCUT2D eigenvalue weighted by Gasteiger charge is -2.27. The lowest BCUT2D eigenvalue weighted by molar-refractivity contribution is -0.134. The second-order valence-electron chi connectivity index (χ2n) is 5.85. The molecule has 7 heteroatoms. The molecule has 0 saturated carbocycles. The lowest BCUT2D eigenvalue weighted by atomic mass is 10.1. The number of anilines is 1. The smallest absolute Gasteiger partial charge is 0.250 e. The van der Waals surface area contributed by atoms with Gasteiger partial charge in [-0.3, -0.25) is 19.5 Å². The van der Waals surface area contributed by atoms with Crippen LogP contribution in [0.5, 0.6) is 0 Å². The Morgan fingerprint density at radius 1 is 1.44 bits per heavy atom. The van der Waals surface area contributed by atoms with Crippen molar-refractivity contribution in [3.63, 3.8) is 0 Å². The summed E-state index contributed by atoms with van der Waals surface area (Å²) in [5, 5.41) is 9.01. The highest BCUT2D eigenvalue weighted by molar-refractivity contribution is 5.99. The minimum absolute atomic E-state index is 0.0618. The Bertz CT molecular complexity index is 831. The van der Waals surface area contributed by atoms with E-state index in [0.29, 0.717) is 30.8 Å². The normalized spacial score (nSPS) is 16.6. The summed E-state index contributed by atoms with van der Waals surface area (Å²) in [6.07, 6.45) is 5.37. The molecular formula is C18H17N5O2. The second kappa shape index (κ2) is 7.09. The molecule has 2 amide bonds. The third kappa shape index (κ3) is 3.48. The van der Waals surface area contributed by atoms with Crippen LogP contribution in [0.4, 0.5) is 5.82 Å². The molecule has 0 bridgehead atoms. The van der Waals surface area contributed by atoms with Crippen molar-refractivity contribution in [1.29, 1.82) is 5.26 Å². The number of benzene rings is 1. The van der Waals surface area contributed by atoms with Crippen molar-refractivity contribution in [2.45, 2.75) is 25.4 Å². The summed E-state index contributed by atoms with van der Waals surface area (Å²) >= 11 is 0. The van der Waals surface area contributed by atoms with Gasteiger partial charge in [0, 0.05) is 32.4 Å². The van der Waals surface area contributed by atoms with Crippen molar-refractivity contribution in [3.05, 3.63) is 54.0 Å². The number of likely N-dealkylation sites (tertiary alicyclic amines) is 1. The molecule has 2 aromatic rings. The Hall–Kier alpha value is -3.27. The summed E-state index contributed by atoms with van der Waals surface area (Å²) in [6, 6.07) is 8.61. The van der Waals surface area contributed by atoms with Crippen LogP contribution in [0, 0.1) is 11.3 Å². The maximum atomic E-state index is 12.8. The van der Waals surface area contributed by atoms with Crippen LogP contribution in [0.3, 0.4) is 0 Å². The maximum absolute atomic E-state index is 12.8. The average Bonchev–Trinajstić information content (AvgIpc) is 3.02. The van der Waals surface area contributed by atoms with Gasteiger partial charge in [0.1, 0.15) is 6.04 Å². The molecule has 3 rings (SSSR count). The number of carbonyl (C=O) groups is 2. The standard InChI is InChI=1S/C18H17N5O2/c1-22(16-11-20-7-8-21-16)18(25)15-5-6-17(24)23(15)12-14-4-2-3-13(9-14)10-19/h2-4,7-9,11,15H,5-6,12H2,1H3. The van der Waals surface area contributed by atoms with Crippen LogP contribution in [0.1, 0.15) is 24.0 Å². The van der Waals surface area contributed by atoms with E-state index in [1.54, 1.807) is 30.1 Å². The Morgan fingerprint density at radius 3 is 3.00 bits per heavy atom. The molecule has 0 N–H and O–H groups in total. The van der Waals surface area contributed by atoms with Crippen LogP contribution in [-0.2, 0) is 16.1 Å². The number of amides is 2. The zero-order chi connectivity index (χ0) is 17.8. The van der Waals surface area contributed by atoms with Gasteiger partial charge in [-0.25, -0.2) is 4.98 Å². The van der Waals surface area contributed by atoms with Gasteiger partial charge in [0.05, 0.1) is 17.8 Å². The van der Waals surface area contributed by atoms with Crippen molar-refractivity contribution in [2.24, 2.45) is 0 Å². The fourth-order valence-corrected chi connectivity index (χ4v) is 2.93. The van der Waals surface area contributed by atoms with Crippen molar-refractivity contribution in [2.75, 3.05) is 11.9 Å². The van der Waals surface area contributed by atoms with Crippen LogP contribution in [0.25, 0.3) is 0 Å². The van der Waals surface area contributed by atoms with E-state index in [0.717, 1.165) is 5.56 Å². The molecule has 0 spiro atoms. The summed E-state index contributed by atoms with van der Waals surface area (Å²) in [6.45, 7) is 0.305. The van der Waals surface area contributed by atoms with E-state index in [4.69, 9.17) is 5.26 Å². The van der Waals surface area contributed by atoms with E-state index >= 15 is 0 Å². The first-order valence-corrected chi connectivity index (χ1v) is 7.92. The van der Waals surface area contributed by atoms with Gasteiger partial charge in [0.25, 0.3) is 5.91 Å². The van der Waals surface area contributed by atoms with Gasteiger partial charge in [-0.2, -0.15) is 5.26 Å². The molecule has 1 atom stereocenters. The third-order valence-corrected chi connectivity index (χ3v) is 4.25. The van der Waals surface area contributed by atoms with E-state index in [2.05, 4.69) is 16.0 Å². The number of rotatable bonds is 4. The van der Waals surface area contributed by atoms with Gasteiger partial charge in [0.15, 0.2) is 5.82 Å². The van der Waals surface area contributed by atoms with Gasteiger partial charge in [-0.15, -0.1) is 0 Å². The Kier molecular flexibility index (Phi) is 4.70. The first-order chi connectivity index (χ1) is 12.1. The largest absolute Gasteiger partial charge is 0.326 e. The number of hydrogen-bond acceptors (Lipinski definition) is 5. The summed E-state index contributed by atoms with van der Waals surface area (Å²) in [5.74, 6) is 0.189. The van der Waals surface area contributed by atoms with E-state index in [1.807, 2.05) is 6.07 Å².